The van der Waals surface area contributed by atoms with Gasteiger partial charge in [0.2, 0.25) is 21.8 Å². The van der Waals surface area contributed by atoms with E-state index in [0.29, 0.717) is 25.3 Å². The molecule has 0 spiro atoms. The summed E-state index contributed by atoms with van der Waals surface area (Å²) in [6.45, 7) is 10.3. The fraction of sp³-hybridized carbons (Fsp3) is 0.667. The van der Waals surface area contributed by atoms with Crippen LogP contribution in [-0.4, -0.2) is 68.2 Å². The summed E-state index contributed by atoms with van der Waals surface area (Å²) in [5.41, 5.74) is 1.26. The van der Waals surface area contributed by atoms with Crippen molar-refractivity contribution in [2.75, 3.05) is 42.9 Å². The van der Waals surface area contributed by atoms with Crippen LogP contribution in [0.1, 0.15) is 59.8 Å². The summed E-state index contributed by atoms with van der Waals surface area (Å²) in [7, 11) is -3.66. The van der Waals surface area contributed by atoms with E-state index in [2.05, 4.69) is 10.2 Å². The molecular formula is C24H38N4O4S. The van der Waals surface area contributed by atoms with Crippen LogP contribution in [0.3, 0.4) is 0 Å². The van der Waals surface area contributed by atoms with Gasteiger partial charge in [0.15, 0.2) is 0 Å². The normalized spacial score (nSPS) is 19.5. The quantitative estimate of drug-likeness (QED) is 0.557. The van der Waals surface area contributed by atoms with Crippen molar-refractivity contribution in [3.63, 3.8) is 0 Å². The molecule has 8 nitrogen and oxygen atoms in total. The van der Waals surface area contributed by atoms with E-state index in [9.17, 15) is 18.0 Å². The lowest BCUT2D eigenvalue weighted by atomic mass is 10.1. The van der Waals surface area contributed by atoms with Crippen LogP contribution in [0.2, 0.25) is 0 Å². The number of hydrogen-bond acceptors (Lipinski definition) is 5. The molecule has 1 heterocycles. The summed E-state index contributed by atoms with van der Waals surface area (Å²) in [5.74, 6) is -0.607. The maximum absolute atomic E-state index is 13.2. The Balaban J connectivity index is 1.88. The monoisotopic (exact) mass is 478 g/mol. The Morgan fingerprint density at radius 3 is 2.27 bits per heavy atom. The van der Waals surface area contributed by atoms with E-state index >= 15 is 0 Å². The van der Waals surface area contributed by atoms with Gasteiger partial charge in [-0.25, -0.2) is 8.42 Å². The second-order valence-corrected chi connectivity index (χ2v) is 10.8. The molecule has 33 heavy (non-hydrogen) atoms. The van der Waals surface area contributed by atoms with Crippen LogP contribution in [0.5, 0.6) is 0 Å². The third kappa shape index (κ3) is 5.35. The van der Waals surface area contributed by atoms with E-state index in [1.165, 1.54) is 4.31 Å². The zero-order chi connectivity index (χ0) is 24.2. The molecule has 0 bridgehead atoms. The number of anilines is 2. The Hall–Kier alpha value is -2.13. The van der Waals surface area contributed by atoms with Gasteiger partial charge in [-0.1, -0.05) is 26.7 Å². The highest BCUT2D eigenvalue weighted by Gasteiger charge is 2.39. The molecule has 1 atom stereocenters. The van der Waals surface area contributed by atoms with Crippen molar-refractivity contribution in [3.05, 3.63) is 18.2 Å². The summed E-state index contributed by atoms with van der Waals surface area (Å²) in [6.07, 6.45) is 4.49. The molecule has 1 saturated heterocycles. The summed E-state index contributed by atoms with van der Waals surface area (Å²) in [5, 5.41) is 2.98. The van der Waals surface area contributed by atoms with Crippen molar-refractivity contribution in [2.24, 2.45) is 5.92 Å². The summed E-state index contributed by atoms with van der Waals surface area (Å²) < 4.78 is 27.6. The number of sulfonamides is 1. The van der Waals surface area contributed by atoms with Crippen LogP contribution in [0.15, 0.2) is 23.1 Å². The van der Waals surface area contributed by atoms with E-state index in [1.54, 1.807) is 32.0 Å². The Bertz CT molecular complexity index is 951. The lowest BCUT2D eigenvalue weighted by molar-refractivity contribution is -0.129. The van der Waals surface area contributed by atoms with E-state index in [-0.39, 0.29) is 29.2 Å². The van der Waals surface area contributed by atoms with Gasteiger partial charge in [0.1, 0.15) is 0 Å². The highest BCUT2D eigenvalue weighted by molar-refractivity contribution is 7.89. The van der Waals surface area contributed by atoms with Crippen molar-refractivity contribution in [2.45, 2.75) is 70.7 Å². The lowest BCUT2D eigenvalue weighted by Gasteiger charge is -2.26. The van der Waals surface area contributed by atoms with Gasteiger partial charge in [-0.3, -0.25) is 9.59 Å². The molecule has 3 rings (SSSR count). The van der Waals surface area contributed by atoms with Crippen molar-refractivity contribution >= 4 is 33.2 Å². The molecule has 1 unspecified atom stereocenters. The molecule has 2 aliphatic rings. The molecule has 2 amide bonds. The topological polar surface area (TPSA) is 90.0 Å². The van der Waals surface area contributed by atoms with Gasteiger partial charge >= 0.3 is 0 Å². The minimum absolute atomic E-state index is 0.0453. The molecule has 184 valence electrons. The molecule has 1 saturated carbocycles. The third-order valence-electron chi connectivity index (χ3n) is 6.97. The number of benzene rings is 1. The number of carbonyl (C=O) groups excluding carboxylic acids is 2. The maximum Gasteiger partial charge on any atom is 0.243 e. The molecule has 2 fully saturated rings. The van der Waals surface area contributed by atoms with E-state index in [1.807, 2.05) is 18.7 Å². The maximum atomic E-state index is 13.2. The second kappa shape index (κ2) is 10.9. The fourth-order valence-electron chi connectivity index (χ4n) is 5.04. The van der Waals surface area contributed by atoms with Gasteiger partial charge in [0, 0.05) is 45.2 Å². The molecule has 0 aromatic heterocycles. The number of likely N-dealkylation sites (tertiary alicyclic amines) is 1. The van der Waals surface area contributed by atoms with Crippen LogP contribution in [-0.2, 0) is 19.6 Å². The second-order valence-electron chi connectivity index (χ2n) is 8.82. The summed E-state index contributed by atoms with van der Waals surface area (Å²) >= 11 is 0. The van der Waals surface area contributed by atoms with Crippen LogP contribution >= 0.6 is 0 Å². The van der Waals surface area contributed by atoms with E-state index in [0.717, 1.165) is 44.5 Å². The molecule has 1 aliphatic heterocycles. The lowest BCUT2D eigenvalue weighted by Crippen LogP contribution is -2.35. The van der Waals surface area contributed by atoms with Crippen molar-refractivity contribution in [3.8, 4) is 0 Å². The minimum Gasteiger partial charge on any atom is -0.370 e. The first-order valence-electron chi connectivity index (χ1n) is 12.3. The molecule has 9 heteroatoms. The zero-order valence-corrected chi connectivity index (χ0v) is 21.2. The van der Waals surface area contributed by atoms with Gasteiger partial charge in [-0.05, 0) is 44.9 Å². The standard InChI is InChI=1S/C24H38N4O4S/c1-5-26(6-2)22-14-13-20(33(31,32)27(7-3)8-4)16-21(22)25-24(30)18-15-23(29)28(17-18)19-11-9-10-12-19/h13-14,16,18-19H,5-12,15,17H2,1-4H3,(H,25,30). The first kappa shape index (κ1) is 25.5. The first-order valence-corrected chi connectivity index (χ1v) is 13.7. The summed E-state index contributed by atoms with van der Waals surface area (Å²) in [6, 6.07) is 5.19. The van der Waals surface area contributed by atoms with Crippen LogP contribution in [0.4, 0.5) is 11.4 Å². The highest BCUT2D eigenvalue weighted by Crippen LogP contribution is 2.33. The Kier molecular flexibility index (Phi) is 8.39. The van der Waals surface area contributed by atoms with Gasteiger partial charge < -0.3 is 15.1 Å². The van der Waals surface area contributed by atoms with Crippen molar-refractivity contribution in [1.29, 1.82) is 0 Å². The predicted molar refractivity (Wildman–Crippen MR) is 131 cm³/mol. The third-order valence-corrected chi connectivity index (χ3v) is 9.01. The number of amides is 2. The average molecular weight is 479 g/mol. The Morgan fingerprint density at radius 2 is 1.70 bits per heavy atom. The molecule has 1 aromatic rings. The SMILES string of the molecule is CCN(CC)c1ccc(S(=O)(=O)N(CC)CC)cc1NC(=O)C1CC(=O)N(C2CCCC2)C1. The van der Waals surface area contributed by atoms with Gasteiger partial charge in [0.25, 0.3) is 0 Å². The number of rotatable bonds is 10. The molecule has 1 aliphatic carbocycles. The van der Waals surface area contributed by atoms with Gasteiger partial charge in [-0.15, -0.1) is 0 Å². The zero-order valence-electron chi connectivity index (χ0n) is 20.3. The highest BCUT2D eigenvalue weighted by atomic mass is 32.2. The molecular weight excluding hydrogens is 440 g/mol. The minimum atomic E-state index is -3.66. The number of hydrogen-bond donors (Lipinski definition) is 1. The number of nitrogens with one attached hydrogen (secondary N) is 1. The number of carbonyl (C=O) groups is 2. The molecule has 1 N–H and O–H groups in total. The van der Waals surface area contributed by atoms with E-state index < -0.39 is 15.9 Å². The Labute approximate surface area is 198 Å². The van der Waals surface area contributed by atoms with E-state index in [4.69, 9.17) is 0 Å². The average Bonchev–Trinajstić information content (AvgIpc) is 3.45. The largest absolute Gasteiger partial charge is 0.370 e. The first-order chi connectivity index (χ1) is 15.8. The smallest absolute Gasteiger partial charge is 0.243 e. The number of nitrogens with zero attached hydrogens (tertiary/aromatic N) is 3. The predicted octanol–water partition coefficient (Wildman–Crippen LogP) is 3.29. The summed E-state index contributed by atoms with van der Waals surface area (Å²) in [4.78, 5) is 29.9. The molecule has 0 radical (unpaired) electrons. The van der Waals surface area contributed by atoms with Crippen LogP contribution in [0, 0.1) is 5.92 Å². The molecule has 1 aromatic carbocycles. The van der Waals surface area contributed by atoms with Crippen LogP contribution in [0.25, 0.3) is 0 Å². The van der Waals surface area contributed by atoms with Gasteiger partial charge in [-0.2, -0.15) is 4.31 Å². The fourth-order valence-corrected chi connectivity index (χ4v) is 6.52. The van der Waals surface area contributed by atoms with Gasteiger partial charge in [0.05, 0.1) is 22.2 Å². The van der Waals surface area contributed by atoms with Crippen molar-refractivity contribution in [1.82, 2.24) is 9.21 Å². The van der Waals surface area contributed by atoms with Crippen molar-refractivity contribution < 1.29 is 18.0 Å². The Morgan fingerprint density at radius 1 is 1.06 bits per heavy atom. The van der Waals surface area contributed by atoms with Crippen LogP contribution < -0.4 is 10.2 Å².